The second-order valence-electron chi connectivity index (χ2n) is 8.26. The molecule has 0 aliphatic rings. The molecule has 0 spiro atoms. The zero-order valence-electron chi connectivity index (χ0n) is 21.9. The molecule has 0 fully saturated rings. The van der Waals surface area contributed by atoms with Gasteiger partial charge in [0, 0.05) is 30.1 Å². The van der Waals surface area contributed by atoms with Gasteiger partial charge in [0.15, 0.2) is 0 Å². The number of amides is 2. The maximum absolute atomic E-state index is 9.97. The normalized spacial score (nSPS) is 9.40. The van der Waals surface area contributed by atoms with Crippen molar-refractivity contribution in [1.29, 1.82) is 0 Å². The number of para-hydroxylation sites is 1. The molecular weight excluding hydrogens is 687 g/mol. The number of hydrogen-bond acceptors (Lipinski definition) is 6. The summed E-state index contributed by atoms with van der Waals surface area (Å²) >= 11 is 0. The quantitative estimate of drug-likeness (QED) is 0.227. The van der Waals surface area contributed by atoms with E-state index in [0.29, 0.717) is 25.9 Å². The third-order valence-electron chi connectivity index (χ3n) is 5.55. The summed E-state index contributed by atoms with van der Waals surface area (Å²) < 4.78 is 0. The minimum atomic E-state index is -1.22. The van der Waals surface area contributed by atoms with Crippen LogP contribution < -0.4 is 27.0 Å². The average Bonchev–Trinajstić information content (AvgIpc) is 2.94. The minimum Gasteiger partial charge on any atom is -0.530 e. The molecule has 9 heteroatoms. The van der Waals surface area contributed by atoms with E-state index in [9.17, 15) is 19.8 Å². The molecule has 5 rings (SSSR count). The van der Waals surface area contributed by atoms with Gasteiger partial charge >= 0.3 is 21.1 Å². The summed E-state index contributed by atoms with van der Waals surface area (Å²) in [5.41, 5.74) is 3.30. The Balaban J connectivity index is 0.000000295. The van der Waals surface area contributed by atoms with E-state index < -0.39 is 12.2 Å². The van der Waals surface area contributed by atoms with Crippen molar-refractivity contribution in [2.45, 2.75) is 12.8 Å². The zero-order valence-corrected chi connectivity index (χ0v) is 24.2. The number of carbonyl (C=O) groups is 2. The predicted molar refractivity (Wildman–Crippen MR) is 151 cm³/mol. The maximum atomic E-state index is 9.97. The first-order valence-electron chi connectivity index (χ1n) is 12.2. The van der Waals surface area contributed by atoms with E-state index >= 15 is 0 Å². The second kappa shape index (κ2) is 18.9. The van der Waals surface area contributed by atoms with Crippen molar-refractivity contribution in [3.8, 4) is 0 Å². The number of nitrogens with one attached hydrogen (secondary N) is 2. The van der Waals surface area contributed by atoms with Crippen molar-refractivity contribution in [2.24, 2.45) is 0 Å². The predicted octanol–water partition coefficient (Wildman–Crippen LogP) is 3.87. The van der Waals surface area contributed by atoms with Crippen LogP contribution in [0.2, 0.25) is 0 Å². The molecule has 1 heterocycles. The molecule has 40 heavy (non-hydrogen) atoms. The van der Waals surface area contributed by atoms with Gasteiger partial charge in [-0.3, -0.25) is 4.98 Å². The molecule has 5 aromatic rings. The van der Waals surface area contributed by atoms with E-state index in [4.69, 9.17) is 0 Å². The van der Waals surface area contributed by atoms with Gasteiger partial charge in [0.1, 0.15) is 12.2 Å². The van der Waals surface area contributed by atoms with Gasteiger partial charge in [0.25, 0.3) is 0 Å². The van der Waals surface area contributed by atoms with Crippen LogP contribution in [0.25, 0.3) is 21.7 Å². The standard InChI is InChI=1S/C13H9N.2C9H11NO2.H3N.Pt/c1-2-6-11-10(5-1)9-14-13-8-4-3-7-12(11)13;2*11-9(12)10-7-6-8-4-2-1-3-5-8;;/h1-9H;2*1-5,10H,6-7H2,(H,11,12);1H3;/q;;;;+2/p-2. The number of pyridine rings is 1. The Morgan fingerprint density at radius 3 is 1.52 bits per heavy atom. The molecule has 1 aromatic heterocycles. The molecule has 0 saturated carbocycles. The molecule has 8 nitrogen and oxygen atoms in total. The van der Waals surface area contributed by atoms with E-state index in [1.165, 1.54) is 16.2 Å². The fourth-order valence-corrected chi connectivity index (χ4v) is 3.72. The first-order chi connectivity index (χ1) is 18.5. The molecule has 5 N–H and O–H groups in total. The first-order valence-corrected chi connectivity index (χ1v) is 12.2. The van der Waals surface area contributed by atoms with Gasteiger partial charge in [-0.25, -0.2) is 0 Å². The van der Waals surface area contributed by atoms with Gasteiger partial charge in [-0.05, 0) is 35.4 Å². The number of aromatic nitrogens is 1. The van der Waals surface area contributed by atoms with E-state index in [-0.39, 0.29) is 27.2 Å². The first kappa shape index (κ1) is 33.8. The minimum absolute atomic E-state index is 0. The van der Waals surface area contributed by atoms with Crippen LogP contribution in [-0.4, -0.2) is 30.3 Å². The van der Waals surface area contributed by atoms with Crippen LogP contribution in [0.4, 0.5) is 9.59 Å². The molecule has 0 unspecified atom stereocenters. The monoisotopic (exact) mass is 719 g/mol. The molecule has 4 aromatic carbocycles. The molecule has 0 bridgehead atoms. The molecule has 0 saturated heterocycles. The van der Waals surface area contributed by atoms with Gasteiger partial charge in [-0.15, -0.1) is 0 Å². The second-order valence-corrected chi connectivity index (χ2v) is 8.26. The Labute approximate surface area is 248 Å². The van der Waals surface area contributed by atoms with Crippen LogP contribution in [-0.2, 0) is 33.9 Å². The Bertz CT molecular complexity index is 1330. The topological polar surface area (TPSA) is 152 Å². The molecule has 210 valence electrons. The molecular formula is C31H32N4O4Pt. The van der Waals surface area contributed by atoms with Crippen LogP contribution in [0.3, 0.4) is 0 Å². The Morgan fingerprint density at radius 1 is 0.600 bits per heavy atom. The van der Waals surface area contributed by atoms with Gasteiger partial charge in [-0.2, -0.15) is 0 Å². The summed E-state index contributed by atoms with van der Waals surface area (Å²) in [5.74, 6) is 0. The van der Waals surface area contributed by atoms with Gasteiger partial charge in [-0.1, -0.05) is 103 Å². The van der Waals surface area contributed by atoms with Gasteiger partial charge in [0.05, 0.1) is 5.52 Å². The summed E-state index contributed by atoms with van der Waals surface area (Å²) in [4.78, 5) is 24.3. The number of carboxylic acid groups (broad SMARTS) is 2. The van der Waals surface area contributed by atoms with Crippen molar-refractivity contribution in [1.82, 2.24) is 21.8 Å². The number of rotatable bonds is 6. The van der Waals surface area contributed by atoms with Crippen LogP contribution in [0.5, 0.6) is 0 Å². The largest absolute Gasteiger partial charge is 2.00 e. The van der Waals surface area contributed by atoms with E-state index in [1.54, 1.807) is 0 Å². The van der Waals surface area contributed by atoms with Crippen LogP contribution >= 0.6 is 0 Å². The Morgan fingerprint density at radius 2 is 1.02 bits per heavy atom. The molecule has 0 atom stereocenters. The molecule has 0 aliphatic heterocycles. The van der Waals surface area contributed by atoms with Crippen LogP contribution in [0.15, 0.2) is 115 Å². The fraction of sp³-hybridized carbons (Fsp3) is 0.129. The van der Waals surface area contributed by atoms with Gasteiger partial charge in [0.2, 0.25) is 0 Å². The summed E-state index contributed by atoms with van der Waals surface area (Å²) in [5, 5.41) is 28.0. The maximum Gasteiger partial charge on any atom is 2.00 e. The van der Waals surface area contributed by atoms with Crippen LogP contribution in [0.1, 0.15) is 11.1 Å². The van der Waals surface area contributed by atoms with Crippen molar-refractivity contribution in [3.63, 3.8) is 0 Å². The molecule has 0 aliphatic carbocycles. The van der Waals surface area contributed by atoms with Gasteiger partial charge < -0.3 is 36.6 Å². The smallest absolute Gasteiger partial charge is 0.530 e. The fourth-order valence-electron chi connectivity index (χ4n) is 3.72. The van der Waals surface area contributed by atoms with Crippen molar-refractivity contribution in [3.05, 3.63) is 127 Å². The van der Waals surface area contributed by atoms with Crippen molar-refractivity contribution < 1.29 is 40.9 Å². The summed E-state index contributed by atoms with van der Waals surface area (Å²) in [6.07, 6.45) is 0.901. The number of carbonyl (C=O) groups excluding carboxylic acids is 2. The summed E-state index contributed by atoms with van der Waals surface area (Å²) in [6.45, 7) is 0.818. The average molecular weight is 720 g/mol. The number of hydrogen-bond donors (Lipinski definition) is 3. The Hall–Kier alpha value is -4.26. The van der Waals surface area contributed by atoms with Crippen molar-refractivity contribution in [2.75, 3.05) is 13.1 Å². The summed E-state index contributed by atoms with van der Waals surface area (Å²) in [7, 11) is 0. The number of fused-ring (bicyclic) bond motifs is 3. The third kappa shape index (κ3) is 12.1. The van der Waals surface area contributed by atoms with E-state index in [2.05, 4.69) is 45.9 Å². The summed E-state index contributed by atoms with van der Waals surface area (Å²) in [6, 6.07) is 35.9. The zero-order chi connectivity index (χ0) is 27.0. The SMILES string of the molecule is N.O=C([O-])NCCc1ccccc1.O=C([O-])NCCc1ccccc1.[Pt+2].c1ccc2c(c1)cnc1ccccc12. The van der Waals surface area contributed by atoms with Crippen molar-refractivity contribution >= 4 is 33.9 Å². The number of benzene rings is 4. The van der Waals surface area contributed by atoms with Crippen LogP contribution in [0, 0.1) is 0 Å². The third-order valence-corrected chi connectivity index (χ3v) is 5.55. The number of nitrogens with zero attached hydrogens (tertiary/aromatic N) is 1. The molecule has 2 amide bonds. The van der Waals surface area contributed by atoms with E-state index in [1.807, 2.05) is 85.1 Å². The van der Waals surface area contributed by atoms with E-state index in [0.717, 1.165) is 16.6 Å². The Kier molecular flexibility index (Phi) is 16.0. The molecule has 0 radical (unpaired) electrons.